The Bertz CT molecular complexity index is 1180. The number of rotatable bonds is 7. The molecule has 1 fully saturated rings. The Morgan fingerprint density at radius 2 is 1.81 bits per heavy atom. The van der Waals surface area contributed by atoms with Crippen molar-refractivity contribution < 1.29 is 47.3 Å². The standard InChI is InChI=1S/C28H31N4O3.Y/c33-18-8-4-7-11-27(34)31-22-14-17-26-25(19-22)28(30-20-29-26)32-21-12-15-24(16-13-21)35-23-9-5-2-1-3-6-10-23;/h12-17,20,23,33H,1-6,8-10,18H2,(H,31,34)(H,29,30,32);/q-1;. The summed E-state index contributed by atoms with van der Waals surface area (Å²) < 4.78 is 6.24. The predicted octanol–water partition coefficient (Wildman–Crippen LogP) is 5.38. The molecule has 1 heterocycles. The maximum atomic E-state index is 12.1. The van der Waals surface area contributed by atoms with Gasteiger partial charge in [0, 0.05) is 51.4 Å². The van der Waals surface area contributed by atoms with Crippen LogP contribution in [0.4, 0.5) is 17.2 Å². The van der Waals surface area contributed by atoms with Crippen LogP contribution in [-0.2, 0) is 37.5 Å². The number of aromatic nitrogens is 2. The SMILES string of the molecule is O=C(C#CCCCO)Nc1[c-]c2c(Nc3ccc(OC4CCCCCCC4)cc3)ncnc2cc1.[Y]. The van der Waals surface area contributed by atoms with Crippen LogP contribution in [0.3, 0.4) is 0 Å². The molecular weight excluding hydrogens is 529 g/mol. The molecule has 185 valence electrons. The Morgan fingerprint density at radius 3 is 2.56 bits per heavy atom. The smallest absolute Gasteiger partial charge is 0.298 e. The number of nitrogens with one attached hydrogen (secondary N) is 2. The van der Waals surface area contributed by atoms with Crippen LogP contribution in [0.25, 0.3) is 10.9 Å². The summed E-state index contributed by atoms with van der Waals surface area (Å²) in [6.07, 6.45) is 11.5. The summed E-state index contributed by atoms with van der Waals surface area (Å²) in [6.45, 7) is 0.0563. The Kier molecular flexibility index (Phi) is 11.6. The Balaban J connectivity index is 0.00000361. The van der Waals surface area contributed by atoms with E-state index in [0.717, 1.165) is 24.3 Å². The average Bonchev–Trinajstić information content (AvgIpc) is 2.85. The van der Waals surface area contributed by atoms with E-state index in [1.807, 2.05) is 24.3 Å². The monoisotopic (exact) mass is 560 g/mol. The summed E-state index contributed by atoms with van der Waals surface area (Å²) in [7, 11) is 0. The van der Waals surface area contributed by atoms with Gasteiger partial charge in [-0.25, -0.2) is 0 Å². The molecule has 1 saturated carbocycles. The van der Waals surface area contributed by atoms with E-state index < -0.39 is 5.91 Å². The van der Waals surface area contributed by atoms with Gasteiger partial charge in [0.05, 0.1) is 18.2 Å². The number of benzene rings is 2. The van der Waals surface area contributed by atoms with Crippen LogP contribution in [0.2, 0.25) is 0 Å². The molecular formula is C28H31N4O3Y-. The molecule has 1 aromatic heterocycles. The van der Waals surface area contributed by atoms with E-state index in [-0.39, 0.29) is 39.3 Å². The molecule has 1 amide bonds. The van der Waals surface area contributed by atoms with Crippen molar-refractivity contribution in [3.05, 3.63) is 48.8 Å². The summed E-state index contributed by atoms with van der Waals surface area (Å²) in [5, 5.41) is 15.5. The van der Waals surface area contributed by atoms with Crippen LogP contribution in [0.15, 0.2) is 42.7 Å². The second-order valence-corrected chi connectivity index (χ2v) is 8.67. The summed E-state index contributed by atoms with van der Waals surface area (Å²) in [4.78, 5) is 20.8. The third-order valence-corrected chi connectivity index (χ3v) is 5.93. The van der Waals surface area contributed by atoms with Gasteiger partial charge in [0.25, 0.3) is 5.91 Å². The second kappa shape index (κ2) is 14.9. The molecule has 1 aliphatic carbocycles. The number of carbonyl (C=O) groups excluding carboxylic acids is 1. The number of carbonyl (C=O) groups is 1. The first kappa shape index (κ1) is 28.1. The van der Waals surface area contributed by atoms with E-state index in [1.54, 1.807) is 12.1 Å². The van der Waals surface area contributed by atoms with Gasteiger partial charge in [-0.15, -0.1) is 18.2 Å². The van der Waals surface area contributed by atoms with Gasteiger partial charge in [0.2, 0.25) is 0 Å². The fourth-order valence-corrected chi connectivity index (χ4v) is 4.10. The number of aliphatic hydroxyl groups excluding tert-OH is 1. The van der Waals surface area contributed by atoms with E-state index in [4.69, 9.17) is 9.84 Å². The molecule has 0 unspecified atom stereocenters. The van der Waals surface area contributed by atoms with E-state index in [2.05, 4.69) is 38.5 Å². The normalized spacial score (nSPS) is 13.9. The van der Waals surface area contributed by atoms with Crippen LogP contribution >= 0.6 is 0 Å². The fraction of sp³-hybridized carbons (Fsp3) is 0.393. The zero-order valence-corrected chi connectivity index (χ0v) is 23.3. The van der Waals surface area contributed by atoms with Crippen molar-refractivity contribution in [2.24, 2.45) is 0 Å². The van der Waals surface area contributed by atoms with Gasteiger partial charge < -0.3 is 20.5 Å². The topological polar surface area (TPSA) is 96.4 Å². The molecule has 3 aromatic rings. The number of anilines is 3. The summed E-state index contributed by atoms with van der Waals surface area (Å²) in [5.41, 5.74) is 2.06. The predicted molar refractivity (Wildman–Crippen MR) is 138 cm³/mol. The number of hydrogen-bond acceptors (Lipinski definition) is 6. The molecule has 4 rings (SSSR count). The first-order valence-electron chi connectivity index (χ1n) is 12.3. The zero-order chi connectivity index (χ0) is 24.3. The van der Waals surface area contributed by atoms with Crippen molar-refractivity contribution in [1.82, 2.24) is 9.97 Å². The maximum Gasteiger partial charge on any atom is 0.298 e. The maximum absolute atomic E-state index is 12.1. The zero-order valence-electron chi connectivity index (χ0n) is 20.4. The number of fused-ring (bicyclic) bond motifs is 1. The molecule has 36 heavy (non-hydrogen) atoms. The van der Waals surface area contributed by atoms with Crippen molar-refractivity contribution >= 4 is 34.0 Å². The number of amides is 1. The van der Waals surface area contributed by atoms with Crippen molar-refractivity contribution in [3.8, 4) is 17.6 Å². The van der Waals surface area contributed by atoms with E-state index in [1.165, 1.54) is 38.4 Å². The second-order valence-electron chi connectivity index (χ2n) is 8.67. The largest absolute Gasteiger partial charge is 0.490 e. The Morgan fingerprint density at radius 1 is 1.06 bits per heavy atom. The van der Waals surface area contributed by atoms with Crippen LogP contribution in [-0.4, -0.2) is 33.7 Å². The molecule has 0 saturated heterocycles. The molecule has 7 nitrogen and oxygen atoms in total. The number of ether oxygens (including phenoxy) is 1. The minimum Gasteiger partial charge on any atom is -0.490 e. The summed E-state index contributed by atoms with van der Waals surface area (Å²) in [5.74, 6) is 6.31. The molecule has 2 aromatic carbocycles. The summed E-state index contributed by atoms with van der Waals surface area (Å²) in [6, 6.07) is 14.6. The number of nitrogens with zero attached hydrogens (tertiary/aromatic N) is 2. The minimum atomic E-state index is -0.426. The number of aliphatic hydroxyl groups is 1. The molecule has 1 aliphatic rings. The van der Waals surface area contributed by atoms with Crippen LogP contribution < -0.4 is 15.4 Å². The number of unbranched alkanes of at least 4 members (excludes halogenated alkanes) is 1. The Labute approximate surface area is 237 Å². The van der Waals surface area contributed by atoms with Crippen molar-refractivity contribution in [1.29, 1.82) is 0 Å². The van der Waals surface area contributed by atoms with Gasteiger partial charge in [0.1, 0.15) is 5.75 Å². The third-order valence-electron chi connectivity index (χ3n) is 5.93. The fourth-order valence-electron chi connectivity index (χ4n) is 4.10. The van der Waals surface area contributed by atoms with Crippen molar-refractivity contribution in [2.75, 3.05) is 17.2 Å². The third kappa shape index (κ3) is 8.55. The molecule has 0 spiro atoms. The van der Waals surface area contributed by atoms with Gasteiger partial charge in [-0.2, -0.15) is 0 Å². The quantitative estimate of drug-likeness (QED) is 0.204. The summed E-state index contributed by atoms with van der Waals surface area (Å²) >= 11 is 0. The molecule has 0 atom stereocenters. The van der Waals surface area contributed by atoms with E-state index >= 15 is 0 Å². The van der Waals surface area contributed by atoms with Gasteiger partial charge in [0.15, 0.2) is 0 Å². The molecule has 8 heteroatoms. The van der Waals surface area contributed by atoms with Crippen LogP contribution in [0, 0.1) is 17.9 Å². The first-order valence-corrected chi connectivity index (χ1v) is 12.3. The van der Waals surface area contributed by atoms with Gasteiger partial charge in [-0.05, 0) is 73.5 Å². The van der Waals surface area contributed by atoms with E-state index in [0.29, 0.717) is 41.4 Å². The van der Waals surface area contributed by atoms with Gasteiger partial charge in [-0.1, -0.05) is 30.6 Å². The van der Waals surface area contributed by atoms with Crippen LogP contribution in [0.5, 0.6) is 5.75 Å². The molecule has 1 radical (unpaired) electrons. The average molecular weight is 560 g/mol. The van der Waals surface area contributed by atoms with Crippen molar-refractivity contribution in [3.63, 3.8) is 0 Å². The van der Waals surface area contributed by atoms with Gasteiger partial charge >= 0.3 is 0 Å². The number of hydrogen-bond donors (Lipinski definition) is 3. The molecule has 0 aliphatic heterocycles. The first-order chi connectivity index (χ1) is 17.2. The Hall–Kier alpha value is -2.53. The van der Waals surface area contributed by atoms with Crippen molar-refractivity contribution in [2.45, 2.75) is 63.9 Å². The van der Waals surface area contributed by atoms with Crippen LogP contribution in [0.1, 0.15) is 57.8 Å². The molecule has 3 N–H and O–H groups in total. The van der Waals surface area contributed by atoms with Gasteiger partial charge in [-0.3, -0.25) is 14.8 Å². The van der Waals surface area contributed by atoms with E-state index in [9.17, 15) is 4.79 Å². The minimum absolute atomic E-state index is 0. The molecule has 0 bridgehead atoms.